The van der Waals surface area contributed by atoms with E-state index in [1.54, 1.807) is 0 Å². The number of nitrogens with zero attached hydrogens (tertiary/aromatic N) is 1. The Balaban J connectivity index is 0. The van der Waals surface area contributed by atoms with Crippen LogP contribution in [0.1, 0.15) is 12.8 Å². The van der Waals surface area contributed by atoms with Gasteiger partial charge in [-0.25, -0.2) is 0 Å². The molecule has 0 heterocycles. The summed E-state index contributed by atoms with van der Waals surface area (Å²) in [5, 5.41) is 2.86. The number of rotatable bonds is 6. The molecule has 0 aromatic rings. The summed E-state index contributed by atoms with van der Waals surface area (Å²) >= 11 is 0. The summed E-state index contributed by atoms with van der Waals surface area (Å²) in [4.78, 5) is 11.1. The van der Waals surface area contributed by atoms with Gasteiger partial charge in [-0.05, 0) is 13.0 Å². The largest absolute Gasteiger partial charge is 1.00 e. The average Bonchev–Trinajstić information content (AvgIpc) is 1.98. The van der Waals surface area contributed by atoms with Crippen molar-refractivity contribution in [3.63, 3.8) is 0 Å². The number of hydrogen-bond acceptors (Lipinski definition) is 2. The molecule has 0 aromatic heterocycles. The molecule has 0 aliphatic carbocycles. The van der Waals surface area contributed by atoms with Crippen LogP contribution in [0.5, 0.6) is 0 Å². The predicted octanol–water partition coefficient (Wildman–Crippen LogP) is -3.45. The van der Waals surface area contributed by atoms with Gasteiger partial charge in [-0.2, -0.15) is 0 Å². The minimum absolute atomic E-state index is 0. The number of nitrogens with one attached hydrogen (secondary N) is 1. The lowest BCUT2D eigenvalue weighted by Crippen LogP contribution is -3.00. The zero-order chi connectivity index (χ0) is 10.3. The van der Waals surface area contributed by atoms with E-state index < -0.39 is 0 Å². The topological polar surface area (TPSA) is 55.1 Å². The first-order valence-electron chi connectivity index (χ1n) is 4.73. The molecule has 0 atom stereocenters. The molecule has 0 spiro atoms. The molecular formula is C9H22IN3O. The van der Waals surface area contributed by atoms with E-state index in [2.05, 4.69) is 26.5 Å². The second kappa shape index (κ2) is 8.43. The fraction of sp³-hybridized carbons (Fsp3) is 0.889. The molecule has 0 rings (SSSR count). The molecule has 5 heteroatoms. The molecule has 0 radical (unpaired) electrons. The number of carbonyl (C=O) groups excluding carboxylic acids is 1. The lowest BCUT2D eigenvalue weighted by molar-refractivity contribution is -0.869. The molecule has 0 bridgehead atoms. The van der Waals surface area contributed by atoms with Crippen LogP contribution in [-0.2, 0) is 4.79 Å². The van der Waals surface area contributed by atoms with Gasteiger partial charge in [0.25, 0.3) is 0 Å². The van der Waals surface area contributed by atoms with E-state index in [1.165, 1.54) is 0 Å². The number of hydrogen-bond donors (Lipinski definition) is 2. The van der Waals surface area contributed by atoms with Gasteiger partial charge >= 0.3 is 0 Å². The van der Waals surface area contributed by atoms with Crippen LogP contribution in [0.2, 0.25) is 0 Å². The number of likely N-dealkylation sites (N-methyl/N-ethyl adjacent to an activating group) is 1. The Hall–Kier alpha value is 0.120. The lowest BCUT2D eigenvalue weighted by Gasteiger charge is -2.23. The summed E-state index contributed by atoms with van der Waals surface area (Å²) in [6, 6.07) is 0. The van der Waals surface area contributed by atoms with Crippen molar-refractivity contribution < 1.29 is 33.3 Å². The van der Waals surface area contributed by atoms with Crippen LogP contribution < -0.4 is 35.0 Å². The van der Waals surface area contributed by atoms with Crippen molar-refractivity contribution in [3.05, 3.63) is 0 Å². The first-order valence-corrected chi connectivity index (χ1v) is 4.73. The SMILES string of the molecule is C[N+](C)(C)CCNC(=O)CCCN.[I-]. The van der Waals surface area contributed by atoms with E-state index in [9.17, 15) is 4.79 Å². The molecule has 1 amide bonds. The third-order valence-electron chi connectivity index (χ3n) is 1.71. The predicted molar refractivity (Wildman–Crippen MR) is 54.2 cm³/mol. The Morgan fingerprint density at radius 3 is 2.36 bits per heavy atom. The van der Waals surface area contributed by atoms with Crippen molar-refractivity contribution in [1.82, 2.24) is 5.32 Å². The van der Waals surface area contributed by atoms with E-state index in [1.807, 2.05) is 0 Å². The Bertz CT molecular complexity index is 157. The van der Waals surface area contributed by atoms with Gasteiger partial charge in [0.05, 0.1) is 34.2 Å². The molecule has 4 nitrogen and oxygen atoms in total. The van der Waals surface area contributed by atoms with Crippen molar-refractivity contribution in [1.29, 1.82) is 0 Å². The maximum Gasteiger partial charge on any atom is 0.220 e. The summed E-state index contributed by atoms with van der Waals surface area (Å²) in [5.74, 6) is 0.110. The summed E-state index contributed by atoms with van der Waals surface area (Å²) in [5.41, 5.74) is 5.29. The molecule has 0 unspecified atom stereocenters. The smallest absolute Gasteiger partial charge is 0.220 e. The number of carbonyl (C=O) groups is 1. The first kappa shape index (κ1) is 16.5. The molecule has 0 aromatic carbocycles. The van der Waals surface area contributed by atoms with Crippen LogP contribution in [0, 0.1) is 0 Å². The summed E-state index contributed by atoms with van der Waals surface area (Å²) in [7, 11) is 6.31. The second-order valence-corrected chi connectivity index (χ2v) is 4.26. The fourth-order valence-electron chi connectivity index (χ4n) is 0.882. The number of amides is 1. The standard InChI is InChI=1S/C9H21N3O.HI/c1-12(2,3)8-7-11-9(13)5-4-6-10;/h4-8,10H2,1-3H3;1H. The van der Waals surface area contributed by atoms with E-state index >= 15 is 0 Å². The molecule has 86 valence electrons. The Kier molecular flexibility index (Phi) is 9.96. The summed E-state index contributed by atoms with van der Waals surface area (Å²) in [6.07, 6.45) is 1.32. The maximum absolute atomic E-state index is 11.1. The van der Waals surface area contributed by atoms with Crippen LogP contribution in [0.15, 0.2) is 0 Å². The van der Waals surface area contributed by atoms with Gasteiger partial charge in [0.2, 0.25) is 5.91 Å². The quantitative estimate of drug-likeness (QED) is 0.396. The van der Waals surface area contributed by atoms with Gasteiger partial charge < -0.3 is 39.5 Å². The normalized spacial score (nSPS) is 10.6. The van der Waals surface area contributed by atoms with Gasteiger partial charge in [-0.15, -0.1) is 0 Å². The van der Waals surface area contributed by atoms with Crippen LogP contribution >= 0.6 is 0 Å². The van der Waals surface area contributed by atoms with Gasteiger partial charge in [-0.1, -0.05) is 0 Å². The van der Waals surface area contributed by atoms with E-state index in [-0.39, 0.29) is 29.9 Å². The minimum Gasteiger partial charge on any atom is -1.00 e. The molecule has 0 saturated carbocycles. The molecule has 0 aliphatic heterocycles. The van der Waals surface area contributed by atoms with Crippen LogP contribution in [-0.4, -0.2) is 51.2 Å². The third-order valence-corrected chi connectivity index (χ3v) is 1.71. The third kappa shape index (κ3) is 12.1. The molecule has 0 fully saturated rings. The van der Waals surface area contributed by atoms with Crippen LogP contribution in [0.3, 0.4) is 0 Å². The second-order valence-electron chi connectivity index (χ2n) is 4.26. The van der Waals surface area contributed by atoms with Crippen LogP contribution in [0.4, 0.5) is 0 Å². The average molecular weight is 315 g/mol. The maximum atomic E-state index is 11.1. The molecule has 3 N–H and O–H groups in total. The van der Waals surface area contributed by atoms with Crippen molar-refractivity contribution in [2.45, 2.75) is 12.8 Å². The highest BCUT2D eigenvalue weighted by Gasteiger charge is 2.07. The van der Waals surface area contributed by atoms with Crippen molar-refractivity contribution >= 4 is 5.91 Å². The number of halogens is 1. The highest BCUT2D eigenvalue weighted by molar-refractivity contribution is 5.75. The van der Waals surface area contributed by atoms with Gasteiger partial charge in [-0.3, -0.25) is 4.79 Å². The van der Waals surface area contributed by atoms with E-state index in [0.717, 1.165) is 24.0 Å². The fourth-order valence-corrected chi connectivity index (χ4v) is 0.882. The summed E-state index contributed by atoms with van der Waals surface area (Å²) in [6.45, 7) is 2.28. The lowest BCUT2D eigenvalue weighted by atomic mass is 10.3. The van der Waals surface area contributed by atoms with E-state index in [4.69, 9.17) is 5.73 Å². The molecule has 14 heavy (non-hydrogen) atoms. The highest BCUT2D eigenvalue weighted by Crippen LogP contribution is 1.88. The van der Waals surface area contributed by atoms with Gasteiger partial charge in [0, 0.05) is 6.42 Å². The monoisotopic (exact) mass is 315 g/mol. The Morgan fingerprint density at radius 2 is 1.93 bits per heavy atom. The zero-order valence-corrected chi connectivity index (χ0v) is 11.5. The van der Waals surface area contributed by atoms with Gasteiger partial charge in [0.15, 0.2) is 0 Å². The summed E-state index contributed by atoms with van der Waals surface area (Å²) < 4.78 is 0.872. The first-order chi connectivity index (χ1) is 5.95. The zero-order valence-electron chi connectivity index (χ0n) is 9.35. The Labute approximate surface area is 104 Å². The Morgan fingerprint density at radius 1 is 1.36 bits per heavy atom. The highest BCUT2D eigenvalue weighted by atomic mass is 127. The van der Waals surface area contributed by atoms with Crippen LogP contribution in [0.25, 0.3) is 0 Å². The molecule has 0 saturated heterocycles. The van der Waals surface area contributed by atoms with E-state index in [0.29, 0.717) is 13.0 Å². The molecular weight excluding hydrogens is 293 g/mol. The van der Waals surface area contributed by atoms with Crippen molar-refractivity contribution in [2.24, 2.45) is 5.73 Å². The van der Waals surface area contributed by atoms with Crippen molar-refractivity contribution in [2.75, 3.05) is 40.8 Å². The minimum atomic E-state index is 0. The number of nitrogens with two attached hydrogens (primary N) is 1. The number of quaternary nitrogens is 1. The molecule has 0 aliphatic rings. The van der Waals surface area contributed by atoms with Crippen molar-refractivity contribution in [3.8, 4) is 0 Å². The van der Waals surface area contributed by atoms with Gasteiger partial charge in [0.1, 0.15) is 0 Å².